The number of halogens is 3. The molecule has 0 heterocycles. The molecule has 84 valence electrons. The molecule has 1 aromatic rings. The number of benzene rings is 1. The van der Waals surface area contributed by atoms with Crippen LogP contribution in [0.2, 0.25) is 0 Å². The van der Waals surface area contributed by atoms with Crippen molar-refractivity contribution in [2.24, 2.45) is 0 Å². The Morgan fingerprint density at radius 1 is 1.20 bits per heavy atom. The number of nitrogens with zero attached hydrogens (tertiary/aromatic N) is 1. The van der Waals surface area contributed by atoms with Crippen LogP contribution in [-0.2, 0) is 6.54 Å². The summed E-state index contributed by atoms with van der Waals surface area (Å²) in [6.07, 6.45) is -4.64. The number of hydrogen-bond donors (Lipinski definition) is 0. The van der Waals surface area contributed by atoms with Gasteiger partial charge in [-0.1, -0.05) is 18.2 Å². The molecule has 5 heteroatoms. The lowest BCUT2D eigenvalue weighted by atomic mass is 10.2. The first-order valence-corrected chi connectivity index (χ1v) is 4.37. The average molecular weight is 219 g/mol. The first kappa shape index (κ1) is 11.8. The van der Waals surface area contributed by atoms with Gasteiger partial charge in [0.05, 0.1) is 0 Å². The molecule has 0 saturated carbocycles. The van der Waals surface area contributed by atoms with Gasteiger partial charge < -0.3 is 9.64 Å². The molecule has 0 saturated heterocycles. The maximum atomic E-state index is 12.0. The number of para-hydroxylation sites is 1. The Labute approximate surface area is 86.3 Å². The topological polar surface area (TPSA) is 12.5 Å². The Bertz CT molecular complexity index is 323. The summed E-state index contributed by atoms with van der Waals surface area (Å²) in [5, 5.41) is 0. The summed E-state index contributed by atoms with van der Waals surface area (Å²) in [7, 11) is 3.56. The molecule has 0 fully saturated rings. The molecule has 0 aliphatic heterocycles. The molecule has 0 aliphatic carbocycles. The molecule has 0 spiro atoms. The van der Waals surface area contributed by atoms with E-state index in [-0.39, 0.29) is 5.75 Å². The van der Waals surface area contributed by atoms with Gasteiger partial charge in [-0.2, -0.15) is 0 Å². The maximum absolute atomic E-state index is 12.0. The Hall–Kier alpha value is -1.23. The van der Waals surface area contributed by atoms with E-state index in [4.69, 9.17) is 0 Å². The van der Waals surface area contributed by atoms with Gasteiger partial charge >= 0.3 is 6.36 Å². The maximum Gasteiger partial charge on any atom is 0.573 e. The van der Waals surface area contributed by atoms with Gasteiger partial charge in [0.15, 0.2) is 0 Å². The summed E-state index contributed by atoms with van der Waals surface area (Å²) in [4.78, 5) is 1.78. The zero-order valence-corrected chi connectivity index (χ0v) is 8.51. The van der Waals surface area contributed by atoms with Crippen molar-refractivity contribution in [1.82, 2.24) is 4.90 Å². The van der Waals surface area contributed by atoms with Crippen molar-refractivity contribution >= 4 is 0 Å². The van der Waals surface area contributed by atoms with Crippen LogP contribution >= 0.6 is 0 Å². The summed E-state index contributed by atoms with van der Waals surface area (Å²) < 4.78 is 40.0. The number of rotatable bonds is 3. The highest BCUT2D eigenvalue weighted by Crippen LogP contribution is 2.26. The monoisotopic (exact) mass is 219 g/mol. The van der Waals surface area contributed by atoms with Crippen molar-refractivity contribution in [2.45, 2.75) is 12.9 Å². The van der Waals surface area contributed by atoms with Crippen LogP contribution < -0.4 is 4.74 Å². The van der Waals surface area contributed by atoms with Crippen LogP contribution in [0.15, 0.2) is 24.3 Å². The van der Waals surface area contributed by atoms with Crippen LogP contribution in [0.1, 0.15) is 5.56 Å². The van der Waals surface area contributed by atoms with Crippen molar-refractivity contribution in [2.75, 3.05) is 14.1 Å². The third kappa shape index (κ3) is 4.20. The molecular weight excluding hydrogens is 207 g/mol. The number of alkyl halides is 3. The van der Waals surface area contributed by atoms with E-state index in [2.05, 4.69) is 4.74 Å². The zero-order chi connectivity index (χ0) is 11.5. The second kappa shape index (κ2) is 4.53. The van der Waals surface area contributed by atoms with Crippen molar-refractivity contribution in [1.29, 1.82) is 0 Å². The van der Waals surface area contributed by atoms with Gasteiger partial charge in [-0.25, -0.2) is 0 Å². The first-order valence-electron chi connectivity index (χ1n) is 4.37. The number of hydrogen-bond acceptors (Lipinski definition) is 2. The van der Waals surface area contributed by atoms with Crippen molar-refractivity contribution < 1.29 is 17.9 Å². The highest BCUT2D eigenvalue weighted by Gasteiger charge is 2.31. The lowest BCUT2D eigenvalue weighted by Crippen LogP contribution is -2.19. The standard InChI is InChI=1S/C10H12F3NO/c1-14(2)7-8-5-3-4-6-9(8)15-10(11,12)13/h3-6H,7H2,1-2H3. The van der Waals surface area contributed by atoms with Crippen LogP contribution in [0.5, 0.6) is 5.75 Å². The minimum Gasteiger partial charge on any atom is -0.405 e. The molecule has 0 bridgehead atoms. The smallest absolute Gasteiger partial charge is 0.405 e. The van der Waals surface area contributed by atoms with Gasteiger partial charge in [-0.05, 0) is 20.2 Å². The second-order valence-corrected chi connectivity index (χ2v) is 3.39. The van der Waals surface area contributed by atoms with E-state index in [1.807, 2.05) is 0 Å². The molecule has 0 N–H and O–H groups in total. The molecule has 15 heavy (non-hydrogen) atoms. The van der Waals surface area contributed by atoms with E-state index < -0.39 is 6.36 Å². The highest BCUT2D eigenvalue weighted by atomic mass is 19.4. The van der Waals surface area contributed by atoms with E-state index >= 15 is 0 Å². The van der Waals surface area contributed by atoms with Crippen LogP contribution in [-0.4, -0.2) is 25.4 Å². The van der Waals surface area contributed by atoms with E-state index in [9.17, 15) is 13.2 Å². The van der Waals surface area contributed by atoms with Gasteiger partial charge in [0.2, 0.25) is 0 Å². The molecule has 0 atom stereocenters. The van der Waals surface area contributed by atoms with Gasteiger partial charge in [0.1, 0.15) is 5.75 Å². The fraction of sp³-hybridized carbons (Fsp3) is 0.400. The lowest BCUT2D eigenvalue weighted by molar-refractivity contribution is -0.275. The summed E-state index contributed by atoms with van der Waals surface area (Å²) >= 11 is 0. The minimum atomic E-state index is -4.64. The largest absolute Gasteiger partial charge is 0.573 e. The Morgan fingerprint density at radius 2 is 1.80 bits per heavy atom. The van der Waals surface area contributed by atoms with Crippen molar-refractivity contribution in [3.8, 4) is 5.75 Å². The average Bonchev–Trinajstić information content (AvgIpc) is 2.05. The molecule has 0 radical (unpaired) electrons. The molecule has 0 amide bonds. The summed E-state index contributed by atoms with van der Waals surface area (Å²) in [5.74, 6) is -0.140. The second-order valence-electron chi connectivity index (χ2n) is 3.39. The fourth-order valence-electron chi connectivity index (χ4n) is 1.20. The van der Waals surface area contributed by atoms with Gasteiger partial charge in [0, 0.05) is 12.1 Å². The Kier molecular flexibility index (Phi) is 3.57. The highest BCUT2D eigenvalue weighted by molar-refractivity contribution is 5.33. The first-order chi connectivity index (χ1) is 6.88. The quantitative estimate of drug-likeness (QED) is 0.774. The van der Waals surface area contributed by atoms with Gasteiger partial charge in [0.25, 0.3) is 0 Å². The molecular formula is C10H12F3NO. The molecule has 2 nitrogen and oxygen atoms in total. The van der Waals surface area contributed by atoms with Crippen molar-refractivity contribution in [3.05, 3.63) is 29.8 Å². The summed E-state index contributed by atoms with van der Waals surface area (Å²) in [6.45, 7) is 0.409. The van der Waals surface area contributed by atoms with Crippen LogP contribution in [0.25, 0.3) is 0 Å². The zero-order valence-electron chi connectivity index (χ0n) is 8.51. The molecule has 0 unspecified atom stereocenters. The fourth-order valence-corrected chi connectivity index (χ4v) is 1.20. The van der Waals surface area contributed by atoms with Crippen molar-refractivity contribution in [3.63, 3.8) is 0 Å². The van der Waals surface area contributed by atoms with Crippen LogP contribution in [0.4, 0.5) is 13.2 Å². The third-order valence-corrected chi connectivity index (χ3v) is 1.68. The lowest BCUT2D eigenvalue weighted by Gasteiger charge is -2.15. The molecule has 1 rings (SSSR count). The molecule has 0 aliphatic rings. The van der Waals surface area contributed by atoms with E-state index in [0.717, 1.165) is 0 Å². The normalized spacial score (nSPS) is 11.9. The predicted octanol–water partition coefficient (Wildman–Crippen LogP) is 2.65. The minimum absolute atomic E-state index is 0.140. The van der Waals surface area contributed by atoms with Gasteiger partial charge in [-0.15, -0.1) is 13.2 Å². The van der Waals surface area contributed by atoms with Crippen LogP contribution in [0.3, 0.4) is 0 Å². The Morgan fingerprint density at radius 3 is 2.33 bits per heavy atom. The van der Waals surface area contributed by atoms with E-state index in [1.165, 1.54) is 12.1 Å². The SMILES string of the molecule is CN(C)Cc1ccccc1OC(F)(F)F. The van der Waals surface area contributed by atoms with Gasteiger partial charge in [-0.3, -0.25) is 0 Å². The summed E-state index contributed by atoms with van der Waals surface area (Å²) in [6, 6.07) is 6.12. The molecule has 0 aromatic heterocycles. The predicted molar refractivity (Wildman–Crippen MR) is 50.5 cm³/mol. The van der Waals surface area contributed by atoms with E-state index in [1.54, 1.807) is 31.1 Å². The van der Waals surface area contributed by atoms with Crippen LogP contribution in [0, 0.1) is 0 Å². The summed E-state index contributed by atoms with van der Waals surface area (Å²) in [5.41, 5.74) is 0.514. The van der Waals surface area contributed by atoms with E-state index in [0.29, 0.717) is 12.1 Å². The number of ether oxygens (including phenoxy) is 1. The third-order valence-electron chi connectivity index (χ3n) is 1.68. The Balaban J connectivity index is 2.86. The molecule has 1 aromatic carbocycles.